The van der Waals surface area contributed by atoms with Crippen LogP contribution in [0.2, 0.25) is 0 Å². The predicted molar refractivity (Wildman–Crippen MR) is 63.2 cm³/mol. The van der Waals surface area contributed by atoms with Crippen LogP contribution >= 0.6 is 0 Å². The molecule has 4 nitrogen and oxygen atoms in total. The van der Waals surface area contributed by atoms with Gasteiger partial charge in [-0.05, 0) is 12.1 Å². The second-order valence-corrected chi connectivity index (χ2v) is 3.52. The molecule has 1 heterocycles. The standard InChI is InChI=1S/C13H13NO3/c1-14(16-2)13(15)12-9-8-11(17-12)10-6-4-3-5-7-10/h3-9H,1-2H3. The van der Waals surface area contributed by atoms with Gasteiger partial charge < -0.3 is 4.42 Å². The van der Waals surface area contributed by atoms with Gasteiger partial charge in [0.15, 0.2) is 5.76 Å². The van der Waals surface area contributed by atoms with E-state index >= 15 is 0 Å². The van der Waals surface area contributed by atoms with E-state index in [4.69, 9.17) is 9.25 Å². The molecule has 0 unspecified atom stereocenters. The highest BCUT2D eigenvalue weighted by Crippen LogP contribution is 2.22. The highest BCUT2D eigenvalue weighted by atomic mass is 16.7. The van der Waals surface area contributed by atoms with Crippen LogP contribution in [0.4, 0.5) is 0 Å². The summed E-state index contributed by atoms with van der Waals surface area (Å²) in [6.45, 7) is 0. The molecule has 0 aliphatic heterocycles. The van der Waals surface area contributed by atoms with Gasteiger partial charge in [0, 0.05) is 12.6 Å². The van der Waals surface area contributed by atoms with E-state index in [9.17, 15) is 4.79 Å². The molecule has 0 bridgehead atoms. The number of rotatable bonds is 3. The number of carbonyl (C=O) groups excluding carboxylic acids is 1. The first-order chi connectivity index (χ1) is 8.22. The molecule has 0 radical (unpaired) electrons. The number of hydroxylamine groups is 2. The fraction of sp³-hybridized carbons (Fsp3) is 0.154. The summed E-state index contributed by atoms with van der Waals surface area (Å²) in [6.07, 6.45) is 0. The van der Waals surface area contributed by atoms with Crippen molar-refractivity contribution >= 4 is 5.91 Å². The van der Waals surface area contributed by atoms with Crippen LogP contribution in [-0.4, -0.2) is 25.1 Å². The normalized spacial score (nSPS) is 10.2. The Kier molecular flexibility index (Phi) is 3.25. The number of carbonyl (C=O) groups is 1. The van der Waals surface area contributed by atoms with Crippen molar-refractivity contribution in [1.82, 2.24) is 5.06 Å². The molecule has 2 aromatic rings. The van der Waals surface area contributed by atoms with E-state index in [1.54, 1.807) is 12.1 Å². The molecule has 88 valence electrons. The Labute approximate surface area is 99.4 Å². The molecule has 0 saturated carbocycles. The Balaban J connectivity index is 2.25. The van der Waals surface area contributed by atoms with E-state index in [2.05, 4.69) is 0 Å². The van der Waals surface area contributed by atoms with Gasteiger partial charge in [0.1, 0.15) is 5.76 Å². The fourth-order valence-corrected chi connectivity index (χ4v) is 1.45. The fourth-order valence-electron chi connectivity index (χ4n) is 1.45. The van der Waals surface area contributed by atoms with E-state index in [1.165, 1.54) is 14.2 Å². The number of amides is 1. The Morgan fingerprint density at radius 2 is 1.88 bits per heavy atom. The topological polar surface area (TPSA) is 42.7 Å². The lowest BCUT2D eigenvalue weighted by molar-refractivity contribution is -0.0773. The van der Waals surface area contributed by atoms with Gasteiger partial charge in [0.2, 0.25) is 0 Å². The summed E-state index contributed by atoms with van der Waals surface area (Å²) in [4.78, 5) is 16.5. The first-order valence-electron chi connectivity index (χ1n) is 5.20. The van der Waals surface area contributed by atoms with E-state index < -0.39 is 0 Å². The Hall–Kier alpha value is -2.07. The number of hydrogen-bond acceptors (Lipinski definition) is 3. The third-order valence-electron chi connectivity index (χ3n) is 2.43. The smallest absolute Gasteiger partial charge is 0.312 e. The van der Waals surface area contributed by atoms with E-state index in [-0.39, 0.29) is 11.7 Å². The van der Waals surface area contributed by atoms with Crippen LogP contribution in [0.3, 0.4) is 0 Å². The van der Waals surface area contributed by atoms with Crippen molar-refractivity contribution in [2.24, 2.45) is 0 Å². The number of benzene rings is 1. The van der Waals surface area contributed by atoms with Crippen molar-refractivity contribution in [2.75, 3.05) is 14.2 Å². The van der Waals surface area contributed by atoms with Crippen LogP contribution < -0.4 is 0 Å². The number of furan rings is 1. The van der Waals surface area contributed by atoms with Gasteiger partial charge >= 0.3 is 5.91 Å². The summed E-state index contributed by atoms with van der Waals surface area (Å²) >= 11 is 0. The molecule has 0 fully saturated rings. The predicted octanol–water partition coefficient (Wildman–Crippen LogP) is 2.58. The third-order valence-corrected chi connectivity index (χ3v) is 2.43. The molecule has 0 spiro atoms. The first kappa shape index (κ1) is 11.4. The molecule has 1 aromatic carbocycles. The summed E-state index contributed by atoms with van der Waals surface area (Å²) in [5, 5.41) is 1.12. The molecule has 2 rings (SSSR count). The number of hydrogen-bond donors (Lipinski definition) is 0. The molecule has 4 heteroatoms. The zero-order chi connectivity index (χ0) is 12.3. The zero-order valence-corrected chi connectivity index (χ0v) is 9.71. The molecule has 0 aliphatic carbocycles. The minimum atomic E-state index is -0.310. The second kappa shape index (κ2) is 4.84. The van der Waals surface area contributed by atoms with Crippen LogP contribution in [0.15, 0.2) is 46.9 Å². The Morgan fingerprint density at radius 1 is 1.18 bits per heavy atom. The third kappa shape index (κ3) is 2.37. The maximum absolute atomic E-state index is 11.7. The van der Waals surface area contributed by atoms with Gasteiger partial charge in [-0.2, -0.15) is 0 Å². The molecule has 0 atom stereocenters. The number of nitrogens with zero attached hydrogens (tertiary/aromatic N) is 1. The van der Waals surface area contributed by atoms with Crippen LogP contribution in [0.1, 0.15) is 10.6 Å². The molecular formula is C13H13NO3. The van der Waals surface area contributed by atoms with Crippen molar-refractivity contribution in [3.05, 3.63) is 48.2 Å². The van der Waals surface area contributed by atoms with Gasteiger partial charge in [-0.15, -0.1) is 0 Å². The van der Waals surface area contributed by atoms with E-state index in [1.807, 2.05) is 30.3 Å². The first-order valence-corrected chi connectivity index (χ1v) is 5.20. The van der Waals surface area contributed by atoms with Crippen molar-refractivity contribution in [2.45, 2.75) is 0 Å². The summed E-state index contributed by atoms with van der Waals surface area (Å²) in [5.41, 5.74) is 0.937. The summed E-state index contributed by atoms with van der Waals surface area (Å²) in [5.74, 6) is 0.612. The molecule has 1 amide bonds. The van der Waals surface area contributed by atoms with Gasteiger partial charge in [0.25, 0.3) is 0 Å². The quantitative estimate of drug-likeness (QED) is 0.762. The monoisotopic (exact) mass is 231 g/mol. The zero-order valence-electron chi connectivity index (χ0n) is 9.71. The average Bonchev–Trinajstić information content (AvgIpc) is 2.87. The highest BCUT2D eigenvalue weighted by molar-refractivity contribution is 5.91. The molecule has 0 aliphatic rings. The molecule has 0 N–H and O–H groups in total. The molecule has 1 aromatic heterocycles. The van der Waals surface area contributed by atoms with E-state index in [0.717, 1.165) is 10.6 Å². The van der Waals surface area contributed by atoms with Gasteiger partial charge in [-0.3, -0.25) is 9.63 Å². The van der Waals surface area contributed by atoms with Gasteiger partial charge in [-0.25, -0.2) is 5.06 Å². The highest BCUT2D eigenvalue weighted by Gasteiger charge is 2.16. The summed E-state index contributed by atoms with van der Waals surface area (Å²) < 4.78 is 5.48. The lowest BCUT2D eigenvalue weighted by atomic mass is 10.2. The Bertz CT molecular complexity index is 504. The lowest BCUT2D eigenvalue weighted by Crippen LogP contribution is -2.24. The van der Waals surface area contributed by atoms with Crippen LogP contribution in [0.5, 0.6) is 0 Å². The van der Waals surface area contributed by atoms with Crippen LogP contribution in [-0.2, 0) is 4.84 Å². The minimum Gasteiger partial charge on any atom is -0.451 e. The van der Waals surface area contributed by atoms with Crippen LogP contribution in [0.25, 0.3) is 11.3 Å². The van der Waals surface area contributed by atoms with Crippen molar-refractivity contribution < 1.29 is 14.0 Å². The molecule has 0 saturated heterocycles. The average molecular weight is 231 g/mol. The largest absolute Gasteiger partial charge is 0.451 e. The maximum atomic E-state index is 11.7. The molecule has 17 heavy (non-hydrogen) atoms. The minimum absolute atomic E-state index is 0.258. The second-order valence-electron chi connectivity index (χ2n) is 3.52. The Morgan fingerprint density at radius 3 is 2.53 bits per heavy atom. The van der Waals surface area contributed by atoms with Crippen LogP contribution in [0, 0.1) is 0 Å². The lowest BCUT2D eigenvalue weighted by Gasteiger charge is -2.10. The van der Waals surface area contributed by atoms with Gasteiger partial charge in [-0.1, -0.05) is 30.3 Å². The SMILES string of the molecule is CON(C)C(=O)c1ccc(-c2ccccc2)o1. The van der Waals surface area contributed by atoms with Crippen molar-refractivity contribution in [3.8, 4) is 11.3 Å². The summed E-state index contributed by atoms with van der Waals surface area (Å²) in [7, 11) is 2.96. The van der Waals surface area contributed by atoms with Crippen molar-refractivity contribution in [1.29, 1.82) is 0 Å². The van der Waals surface area contributed by atoms with Gasteiger partial charge in [0.05, 0.1) is 7.11 Å². The maximum Gasteiger partial charge on any atom is 0.312 e. The summed E-state index contributed by atoms with van der Waals surface area (Å²) in [6, 6.07) is 13.0. The van der Waals surface area contributed by atoms with E-state index in [0.29, 0.717) is 5.76 Å². The van der Waals surface area contributed by atoms with Crippen molar-refractivity contribution in [3.63, 3.8) is 0 Å². The molecular weight excluding hydrogens is 218 g/mol.